The summed E-state index contributed by atoms with van der Waals surface area (Å²) in [5.41, 5.74) is 1.94. The molecular weight excluding hydrogens is 271 g/mol. The third kappa shape index (κ3) is 3.88. The van der Waals surface area contributed by atoms with Crippen molar-refractivity contribution in [1.82, 2.24) is 0 Å². The SMILES string of the molecule is Fc1ccc(COC2COC(c3ccccc3)OC2)cc1. The molecule has 1 aliphatic heterocycles. The maximum Gasteiger partial charge on any atom is 0.184 e. The van der Waals surface area contributed by atoms with Gasteiger partial charge in [0.25, 0.3) is 0 Å². The minimum absolute atomic E-state index is 0.102. The molecule has 0 spiro atoms. The molecule has 110 valence electrons. The fourth-order valence-corrected chi connectivity index (χ4v) is 2.18. The molecule has 3 rings (SSSR count). The number of rotatable bonds is 4. The fourth-order valence-electron chi connectivity index (χ4n) is 2.18. The zero-order valence-electron chi connectivity index (χ0n) is 11.6. The number of benzene rings is 2. The van der Waals surface area contributed by atoms with E-state index in [9.17, 15) is 4.39 Å². The van der Waals surface area contributed by atoms with Crippen molar-refractivity contribution in [1.29, 1.82) is 0 Å². The molecule has 2 aromatic rings. The van der Waals surface area contributed by atoms with E-state index >= 15 is 0 Å². The number of ether oxygens (including phenoxy) is 3. The Morgan fingerprint density at radius 3 is 2.29 bits per heavy atom. The minimum atomic E-state index is -0.322. The highest BCUT2D eigenvalue weighted by Crippen LogP contribution is 2.23. The van der Waals surface area contributed by atoms with Crippen molar-refractivity contribution in [2.45, 2.75) is 19.0 Å². The Bertz CT molecular complexity index is 548. The third-order valence-electron chi connectivity index (χ3n) is 3.34. The summed E-state index contributed by atoms with van der Waals surface area (Å²) >= 11 is 0. The highest BCUT2D eigenvalue weighted by Gasteiger charge is 2.23. The number of halogens is 1. The first-order valence-corrected chi connectivity index (χ1v) is 6.95. The van der Waals surface area contributed by atoms with Crippen molar-refractivity contribution in [2.75, 3.05) is 13.2 Å². The van der Waals surface area contributed by atoms with Crippen LogP contribution in [-0.2, 0) is 20.8 Å². The van der Waals surface area contributed by atoms with E-state index in [0.717, 1.165) is 11.1 Å². The Labute approximate surface area is 123 Å². The lowest BCUT2D eigenvalue weighted by Gasteiger charge is -2.29. The van der Waals surface area contributed by atoms with Crippen LogP contribution in [0.1, 0.15) is 17.4 Å². The van der Waals surface area contributed by atoms with Gasteiger partial charge in [-0.25, -0.2) is 4.39 Å². The first-order valence-electron chi connectivity index (χ1n) is 6.95. The standard InChI is InChI=1S/C17H17FO3/c18-15-8-6-13(7-9-15)10-19-16-11-20-17(21-12-16)14-4-2-1-3-5-14/h1-9,16-17H,10-12H2. The first-order chi connectivity index (χ1) is 10.3. The van der Waals surface area contributed by atoms with Gasteiger partial charge in [-0.15, -0.1) is 0 Å². The second-order valence-corrected chi connectivity index (χ2v) is 4.97. The lowest BCUT2D eigenvalue weighted by atomic mass is 10.2. The highest BCUT2D eigenvalue weighted by atomic mass is 19.1. The van der Waals surface area contributed by atoms with Gasteiger partial charge in [0, 0.05) is 5.56 Å². The van der Waals surface area contributed by atoms with Gasteiger partial charge in [-0.05, 0) is 17.7 Å². The van der Waals surface area contributed by atoms with Gasteiger partial charge >= 0.3 is 0 Å². The molecule has 0 aliphatic carbocycles. The predicted octanol–water partition coefficient (Wildman–Crippen LogP) is 3.46. The Kier molecular flexibility index (Phi) is 4.60. The average molecular weight is 288 g/mol. The molecule has 3 nitrogen and oxygen atoms in total. The smallest absolute Gasteiger partial charge is 0.184 e. The molecule has 0 aromatic heterocycles. The van der Waals surface area contributed by atoms with Crippen LogP contribution in [-0.4, -0.2) is 19.3 Å². The van der Waals surface area contributed by atoms with Crippen molar-refractivity contribution in [3.63, 3.8) is 0 Å². The van der Waals surface area contributed by atoms with Crippen LogP contribution < -0.4 is 0 Å². The monoisotopic (exact) mass is 288 g/mol. The third-order valence-corrected chi connectivity index (χ3v) is 3.34. The maximum absolute atomic E-state index is 12.8. The lowest BCUT2D eigenvalue weighted by Crippen LogP contribution is -2.33. The topological polar surface area (TPSA) is 27.7 Å². The second kappa shape index (κ2) is 6.80. The summed E-state index contributed by atoms with van der Waals surface area (Å²) in [6.07, 6.45) is -0.424. The van der Waals surface area contributed by atoms with E-state index < -0.39 is 0 Å². The van der Waals surface area contributed by atoms with Crippen molar-refractivity contribution in [2.24, 2.45) is 0 Å². The summed E-state index contributed by atoms with van der Waals surface area (Å²) in [6, 6.07) is 16.1. The van der Waals surface area contributed by atoms with E-state index in [1.165, 1.54) is 12.1 Å². The van der Waals surface area contributed by atoms with Crippen molar-refractivity contribution >= 4 is 0 Å². The van der Waals surface area contributed by atoms with E-state index in [4.69, 9.17) is 14.2 Å². The molecule has 0 atom stereocenters. The summed E-state index contributed by atoms with van der Waals surface area (Å²) in [7, 11) is 0. The van der Waals surface area contributed by atoms with Crippen LogP contribution in [0.25, 0.3) is 0 Å². The molecule has 0 bridgehead atoms. The average Bonchev–Trinajstić information content (AvgIpc) is 2.56. The van der Waals surface area contributed by atoms with Crippen LogP contribution in [0.4, 0.5) is 4.39 Å². The molecule has 21 heavy (non-hydrogen) atoms. The lowest BCUT2D eigenvalue weighted by molar-refractivity contribution is -0.232. The highest BCUT2D eigenvalue weighted by molar-refractivity contribution is 5.16. The molecule has 0 N–H and O–H groups in total. The molecule has 4 heteroatoms. The largest absolute Gasteiger partial charge is 0.369 e. The Balaban J connectivity index is 1.47. The molecular formula is C17H17FO3. The Morgan fingerprint density at radius 2 is 1.62 bits per heavy atom. The zero-order valence-corrected chi connectivity index (χ0v) is 11.6. The molecule has 0 saturated carbocycles. The quantitative estimate of drug-likeness (QED) is 0.862. The van der Waals surface area contributed by atoms with Crippen molar-refractivity contribution in [3.8, 4) is 0 Å². The van der Waals surface area contributed by atoms with Gasteiger partial charge in [0.1, 0.15) is 11.9 Å². The van der Waals surface area contributed by atoms with Gasteiger partial charge in [-0.1, -0.05) is 42.5 Å². The zero-order chi connectivity index (χ0) is 14.5. The summed E-state index contributed by atoms with van der Waals surface area (Å²) in [5.74, 6) is -0.242. The molecule has 0 radical (unpaired) electrons. The summed E-state index contributed by atoms with van der Waals surface area (Å²) in [5, 5.41) is 0. The molecule has 1 saturated heterocycles. The van der Waals surface area contributed by atoms with Gasteiger partial charge in [0.15, 0.2) is 6.29 Å². The summed E-state index contributed by atoms with van der Waals surface area (Å²) in [6.45, 7) is 1.40. The molecule has 0 unspecified atom stereocenters. The molecule has 1 aliphatic rings. The predicted molar refractivity (Wildman–Crippen MR) is 76.1 cm³/mol. The maximum atomic E-state index is 12.8. The molecule has 2 aromatic carbocycles. The Morgan fingerprint density at radius 1 is 0.952 bits per heavy atom. The van der Waals surface area contributed by atoms with E-state index in [0.29, 0.717) is 19.8 Å². The minimum Gasteiger partial charge on any atom is -0.369 e. The van der Waals surface area contributed by atoms with Crippen molar-refractivity contribution in [3.05, 3.63) is 71.5 Å². The molecule has 1 heterocycles. The fraction of sp³-hybridized carbons (Fsp3) is 0.294. The molecule has 1 fully saturated rings. The van der Waals surface area contributed by atoms with Gasteiger partial charge < -0.3 is 14.2 Å². The van der Waals surface area contributed by atoms with Crippen LogP contribution in [0.2, 0.25) is 0 Å². The van der Waals surface area contributed by atoms with E-state index in [2.05, 4.69) is 0 Å². The van der Waals surface area contributed by atoms with Crippen LogP contribution in [0.15, 0.2) is 54.6 Å². The van der Waals surface area contributed by atoms with E-state index in [-0.39, 0.29) is 18.2 Å². The van der Waals surface area contributed by atoms with E-state index in [1.54, 1.807) is 12.1 Å². The van der Waals surface area contributed by atoms with Gasteiger partial charge in [0.2, 0.25) is 0 Å². The normalized spacial score (nSPS) is 22.1. The first kappa shape index (κ1) is 14.2. The second-order valence-electron chi connectivity index (χ2n) is 4.97. The van der Waals surface area contributed by atoms with Crippen LogP contribution >= 0.6 is 0 Å². The number of hydrogen-bond donors (Lipinski definition) is 0. The van der Waals surface area contributed by atoms with Crippen LogP contribution in [0, 0.1) is 5.82 Å². The Hall–Kier alpha value is -1.75. The summed E-state index contributed by atoms with van der Waals surface area (Å²) in [4.78, 5) is 0. The number of hydrogen-bond acceptors (Lipinski definition) is 3. The van der Waals surface area contributed by atoms with Crippen molar-refractivity contribution < 1.29 is 18.6 Å². The van der Waals surface area contributed by atoms with Crippen LogP contribution in [0.3, 0.4) is 0 Å². The van der Waals surface area contributed by atoms with E-state index in [1.807, 2.05) is 30.3 Å². The van der Waals surface area contributed by atoms with Crippen LogP contribution in [0.5, 0.6) is 0 Å². The van der Waals surface area contributed by atoms with Gasteiger partial charge in [-0.2, -0.15) is 0 Å². The van der Waals surface area contributed by atoms with Gasteiger partial charge in [-0.3, -0.25) is 0 Å². The summed E-state index contributed by atoms with van der Waals surface area (Å²) < 4.78 is 29.9. The molecule has 0 amide bonds. The van der Waals surface area contributed by atoms with Gasteiger partial charge in [0.05, 0.1) is 19.8 Å².